The van der Waals surface area contributed by atoms with E-state index in [9.17, 15) is 38.4 Å². The van der Waals surface area contributed by atoms with E-state index in [0.29, 0.717) is 0 Å². The highest BCUT2D eigenvalue weighted by molar-refractivity contribution is 5.96. The lowest BCUT2D eigenvalue weighted by molar-refractivity contribution is -0.152. The van der Waals surface area contributed by atoms with Crippen molar-refractivity contribution < 1.29 is 38.4 Å². The summed E-state index contributed by atoms with van der Waals surface area (Å²) in [6, 6.07) is 22.1. The van der Waals surface area contributed by atoms with Crippen molar-refractivity contribution in [3.63, 3.8) is 0 Å². The average Bonchev–Trinajstić information content (AvgIpc) is 3.22. The zero-order valence-corrected chi connectivity index (χ0v) is 49.7. The van der Waals surface area contributed by atoms with Gasteiger partial charge in [-0.05, 0) is 121 Å². The molecule has 440 valence electrons. The summed E-state index contributed by atoms with van der Waals surface area (Å²) >= 11 is 0. The van der Waals surface area contributed by atoms with Crippen molar-refractivity contribution in [2.75, 3.05) is 53.4 Å². The Labute approximate surface area is 483 Å². The number of hydrogen-bond donors (Lipinski definition) is 6. The van der Waals surface area contributed by atoms with E-state index in [1.54, 1.807) is 47.5 Å². The Morgan fingerprint density at radius 3 is 1.27 bits per heavy atom. The van der Waals surface area contributed by atoms with Gasteiger partial charge in [0, 0.05) is 26.2 Å². The van der Waals surface area contributed by atoms with Gasteiger partial charge in [0.2, 0.25) is 47.3 Å². The maximum absolute atomic E-state index is 14.7. The number of rotatable bonds is 16. The topological polar surface area (TPSA) is 222 Å². The lowest BCUT2D eigenvalue weighted by Crippen LogP contribution is -2.66. The van der Waals surface area contributed by atoms with Crippen LogP contribution in [0.2, 0.25) is 0 Å². The van der Waals surface area contributed by atoms with Crippen LogP contribution in [-0.4, -0.2) is 156 Å². The summed E-state index contributed by atoms with van der Waals surface area (Å²) in [5, 5.41) is 20.0. The maximum atomic E-state index is 14.7. The third-order valence-electron chi connectivity index (χ3n) is 17.1. The summed E-state index contributed by atoms with van der Waals surface area (Å²) in [6.45, 7) is 15.2. The Balaban J connectivity index is 0.961. The van der Waals surface area contributed by atoms with Crippen molar-refractivity contribution in [3.8, 4) is 0 Å². The molecule has 4 aromatic carbocycles. The van der Waals surface area contributed by atoms with Crippen molar-refractivity contribution in [1.82, 2.24) is 51.5 Å². The van der Waals surface area contributed by atoms with Gasteiger partial charge in [0.1, 0.15) is 24.2 Å². The molecule has 8 atom stereocenters. The fourth-order valence-corrected chi connectivity index (χ4v) is 11.9. The maximum Gasteiger partial charge on any atom is 0.246 e. The lowest BCUT2D eigenvalue weighted by Gasteiger charge is -2.44. The molecule has 2 aliphatic heterocycles. The highest BCUT2D eigenvalue weighted by atomic mass is 16.2. The fourth-order valence-electron chi connectivity index (χ4n) is 11.9. The van der Waals surface area contributed by atoms with E-state index in [0.717, 1.165) is 71.6 Å². The largest absolute Gasteiger partial charge is 0.347 e. The molecule has 4 aliphatic rings. The van der Waals surface area contributed by atoms with E-state index in [4.69, 9.17) is 0 Å². The number of amides is 8. The molecule has 18 nitrogen and oxygen atoms in total. The third-order valence-corrected chi connectivity index (χ3v) is 17.1. The molecule has 2 heterocycles. The number of fused-ring (bicyclic) bond motifs is 3. The second kappa shape index (κ2) is 25.9. The van der Waals surface area contributed by atoms with Crippen LogP contribution in [0.5, 0.6) is 0 Å². The van der Waals surface area contributed by atoms with E-state index >= 15 is 0 Å². The van der Waals surface area contributed by atoms with Crippen LogP contribution in [0.15, 0.2) is 84.9 Å². The highest BCUT2D eigenvalue weighted by Gasteiger charge is 2.46. The first-order valence-electron chi connectivity index (χ1n) is 29.3. The van der Waals surface area contributed by atoms with Crippen LogP contribution < -0.4 is 31.9 Å². The Kier molecular flexibility index (Phi) is 19.3. The molecule has 2 aliphatic carbocycles. The molecule has 0 radical (unpaired) electrons. The first kappa shape index (κ1) is 60.9. The van der Waals surface area contributed by atoms with Crippen molar-refractivity contribution in [2.45, 2.75) is 155 Å². The van der Waals surface area contributed by atoms with E-state index in [1.165, 1.54) is 11.1 Å². The first-order chi connectivity index (χ1) is 38.9. The molecular formula is C64H86N10O8. The van der Waals surface area contributed by atoms with Crippen molar-refractivity contribution in [1.29, 1.82) is 0 Å². The number of hydrogen-bond acceptors (Lipinski definition) is 10. The number of carbonyl (C=O) groups excluding carboxylic acids is 8. The summed E-state index contributed by atoms with van der Waals surface area (Å²) in [6.07, 6.45) is 5.20. The monoisotopic (exact) mass is 1120 g/mol. The van der Waals surface area contributed by atoms with Gasteiger partial charge in [-0.25, -0.2) is 0 Å². The van der Waals surface area contributed by atoms with Gasteiger partial charge in [0.05, 0.1) is 50.1 Å². The molecule has 8 rings (SSSR count). The molecule has 0 spiro atoms. The molecule has 0 aromatic heterocycles. The molecule has 18 heteroatoms. The lowest BCUT2D eigenvalue weighted by atomic mass is 9.85. The Hall–Kier alpha value is -7.18. The van der Waals surface area contributed by atoms with Crippen LogP contribution >= 0.6 is 0 Å². The number of likely N-dealkylation sites (N-methyl/N-ethyl adjacent to an activating group) is 2. The number of carbonyl (C=O) groups is 8. The summed E-state index contributed by atoms with van der Waals surface area (Å²) in [7, 11) is 3.35. The highest BCUT2D eigenvalue weighted by Crippen LogP contribution is 2.33. The number of aryl methyl sites for hydroxylation is 2. The van der Waals surface area contributed by atoms with Gasteiger partial charge in [-0.15, -0.1) is 0 Å². The second-order valence-corrected chi connectivity index (χ2v) is 25.1. The van der Waals surface area contributed by atoms with Crippen LogP contribution in [0.3, 0.4) is 0 Å². The molecule has 0 saturated carbocycles. The SMILES string of the molecule is CN[C@@H](C)C(=O)N[C@H](C(=O)N1CCN(C(=O)Cc2ccc3cc(CC(=O)N4CCN(C(=O)[C@@H](NC(=O)[C@H](C)NC)C(C)(C)C)[C@H](C(=O)N[C@@H]5CCCc6ccccc65)C4)ccc3c2)C[C@H]1C(=O)N[C@@H]1CCCc2ccccc21)C(C)(C)C. The molecular weight excluding hydrogens is 1040 g/mol. The van der Waals surface area contributed by atoms with Gasteiger partial charge in [0.25, 0.3) is 0 Å². The number of piperazine rings is 2. The zero-order valence-electron chi connectivity index (χ0n) is 49.7. The Bertz CT molecular complexity index is 2840. The standard InChI is InChI=1S/C64H86N10O8/c1-39(65-9)57(77)69-55(63(3,4)5)61(81)73-31-29-71(37-51(73)59(79)67-49-23-15-19-43-17-11-13-21-47(43)49)53(75)35-41-25-27-46-34-42(26-28-45(46)33-41)36-54(76)72-30-32-74(62(82)56(64(6,7)8)70-58(78)40(2)66-10)52(38-72)60(80)68-50-24-16-20-44-18-12-14-22-48(44)50/h11-14,17-18,21-22,25-28,33-34,39-40,49-52,55-56,65-66H,15-16,19-20,23-24,29-32,35-38H2,1-10H3,(H,67,79)(H,68,80)(H,69,77)(H,70,78)/t39-,40-,49+,50+,51-,52-,55+,56+/m0/s1. The van der Waals surface area contributed by atoms with E-state index in [2.05, 4.69) is 44.0 Å². The van der Waals surface area contributed by atoms with Crippen LogP contribution in [0.1, 0.15) is 127 Å². The minimum atomic E-state index is -1.01. The number of nitrogens with zero attached hydrogens (tertiary/aromatic N) is 4. The predicted octanol–water partition coefficient (Wildman–Crippen LogP) is 4.67. The van der Waals surface area contributed by atoms with Crippen LogP contribution in [-0.2, 0) is 64.0 Å². The molecule has 2 saturated heterocycles. The van der Waals surface area contributed by atoms with Crippen LogP contribution in [0, 0.1) is 10.8 Å². The smallest absolute Gasteiger partial charge is 0.246 e. The Morgan fingerprint density at radius 2 is 0.902 bits per heavy atom. The minimum absolute atomic E-state index is 0.0226. The fraction of sp³-hybridized carbons (Fsp3) is 0.531. The van der Waals surface area contributed by atoms with Gasteiger partial charge in [0.15, 0.2) is 0 Å². The molecule has 0 unspecified atom stereocenters. The van der Waals surface area contributed by atoms with Crippen molar-refractivity contribution in [2.24, 2.45) is 10.8 Å². The van der Waals surface area contributed by atoms with Crippen LogP contribution in [0.4, 0.5) is 0 Å². The van der Waals surface area contributed by atoms with E-state index in [1.807, 2.05) is 114 Å². The normalized spacial score (nSPS) is 20.8. The third kappa shape index (κ3) is 14.2. The van der Waals surface area contributed by atoms with Gasteiger partial charge >= 0.3 is 0 Å². The summed E-state index contributed by atoms with van der Waals surface area (Å²) < 4.78 is 0. The van der Waals surface area contributed by atoms with E-state index in [-0.39, 0.29) is 111 Å². The summed E-state index contributed by atoms with van der Waals surface area (Å²) in [4.78, 5) is 120. The molecule has 4 aromatic rings. The molecule has 82 heavy (non-hydrogen) atoms. The number of benzene rings is 4. The average molecular weight is 1120 g/mol. The number of nitrogens with one attached hydrogen (secondary N) is 6. The summed E-state index contributed by atoms with van der Waals surface area (Å²) in [5.74, 6) is -2.54. The summed E-state index contributed by atoms with van der Waals surface area (Å²) in [5.41, 5.74) is 4.57. The van der Waals surface area contributed by atoms with E-state index < -0.39 is 47.1 Å². The Morgan fingerprint density at radius 1 is 0.524 bits per heavy atom. The minimum Gasteiger partial charge on any atom is -0.347 e. The second-order valence-electron chi connectivity index (χ2n) is 25.1. The molecule has 2 fully saturated rings. The van der Waals surface area contributed by atoms with Gasteiger partial charge < -0.3 is 51.5 Å². The van der Waals surface area contributed by atoms with Crippen molar-refractivity contribution in [3.05, 3.63) is 118 Å². The quantitative estimate of drug-likeness (QED) is 0.0911. The van der Waals surface area contributed by atoms with Gasteiger partial charge in [-0.1, -0.05) is 126 Å². The zero-order chi connectivity index (χ0) is 59.2. The van der Waals surface area contributed by atoms with Crippen LogP contribution in [0.25, 0.3) is 10.8 Å². The van der Waals surface area contributed by atoms with Gasteiger partial charge in [-0.3, -0.25) is 38.4 Å². The molecule has 8 amide bonds. The molecule has 0 bridgehead atoms. The van der Waals surface area contributed by atoms with Crippen molar-refractivity contribution >= 4 is 58.0 Å². The molecule has 6 N–H and O–H groups in total. The van der Waals surface area contributed by atoms with Gasteiger partial charge in [-0.2, -0.15) is 0 Å². The first-order valence-corrected chi connectivity index (χ1v) is 29.3. The predicted molar refractivity (Wildman–Crippen MR) is 316 cm³/mol.